The molecule has 0 fully saturated rings. The number of carbonyl (C=O) groups is 1. The van der Waals surface area contributed by atoms with E-state index in [1.54, 1.807) is 0 Å². The highest BCUT2D eigenvalue weighted by Crippen LogP contribution is 2.09. The molecule has 2 N–H and O–H groups in total. The summed E-state index contributed by atoms with van der Waals surface area (Å²) in [6.45, 7) is 1.71. The Bertz CT molecular complexity index is 311. The molecular weight excluding hydrogens is 258 g/mol. The van der Waals surface area contributed by atoms with E-state index in [9.17, 15) is 9.90 Å². The highest BCUT2D eigenvalue weighted by molar-refractivity contribution is 9.10. The van der Waals surface area contributed by atoms with Gasteiger partial charge in [-0.1, -0.05) is 28.1 Å². The molecule has 0 saturated carbocycles. The number of rotatable bonds is 6. The molecule has 0 saturated heterocycles. The number of benzene rings is 1. The van der Waals surface area contributed by atoms with Gasteiger partial charge in [-0.15, -0.1) is 0 Å². The Morgan fingerprint density at radius 1 is 1.33 bits per heavy atom. The van der Waals surface area contributed by atoms with Crippen molar-refractivity contribution in [3.63, 3.8) is 0 Å². The number of carbonyl (C=O) groups excluding carboxylic acids is 1. The van der Waals surface area contributed by atoms with Crippen molar-refractivity contribution < 1.29 is 15.2 Å². The van der Waals surface area contributed by atoms with Gasteiger partial charge in [0, 0.05) is 22.4 Å². The topological polar surface area (TPSA) is 56.7 Å². The van der Waals surface area contributed by atoms with E-state index in [4.69, 9.17) is 0 Å². The van der Waals surface area contributed by atoms with E-state index in [1.165, 1.54) is 5.56 Å². The maximum Gasteiger partial charge on any atom is 0.101 e. The monoisotopic (exact) mass is 271 g/mol. The molecule has 0 atom stereocenters. The second-order valence-corrected chi connectivity index (χ2v) is 4.30. The molecule has 0 aliphatic heterocycles. The normalized spacial score (nSPS) is 10.2. The number of aliphatic carboxylic acids is 1. The van der Waals surface area contributed by atoms with E-state index in [0.717, 1.165) is 17.6 Å². The minimum Gasteiger partial charge on any atom is -0.550 e. The summed E-state index contributed by atoms with van der Waals surface area (Å²) in [4.78, 5) is 10.1. The van der Waals surface area contributed by atoms with E-state index >= 15 is 0 Å². The van der Waals surface area contributed by atoms with E-state index in [-0.39, 0.29) is 6.42 Å². The molecule has 0 heterocycles. The van der Waals surface area contributed by atoms with Gasteiger partial charge in [0.1, 0.15) is 6.54 Å². The number of halogens is 1. The predicted octanol–water partition coefficient (Wildman–Crippen LogP) is 0.0426. The number of carboxylic acids is 1. The molecule has 0 aliphatic carbocycles. The molecule has 1 aromatic rings. The molecule has 0 aromatic heterocycles. The summed E-state index contributed by atoms with van der Waals surface area (Å²) in [6.07, 6.45) is 0.815. The summed E-state index contributed by atoms with van der Waals surface area (Å²) in [5.74, 6) is -0.966. The molecule has 0 radical (unpaired) electrons. The first-order chi connectivity index (χ1) is 7.18. The van der Waals surface area contributed by atoms with Crippen LogP contribution in [0.15, 0.2) is 28.7 Å². The third-order valence-electron chi connectivity index (χ3n) is 2.08. The fraction of sp³-hybridized carbons (Fsp3) is 0.364. The van der Waals surface area contributed by atoms with Crippen molar-refractivity contribution in [2.45, 2.75) is 19.4 Å². The molecule has 1 aromatic carbocycles. The lowest BCUT2D eigenvalue weighted by molar-refractivity contribution is -0.670. The first kappa shape index (κ1) is 12.2. The van der Waals surface area contributed by atoms with Gasteiger partial charge in [0.05, 0.1) is 6.54 Å². The Hall–Kier alpha value is -0.870. The molecule has 82 valence electrons. The smallest absolute Gasteiger partial charge is 0.101 e. The summed E-state index contributed by atoms with van der Waals surface area (Å²) in [5.41, 5.74) is 1.24. The SMILES string of the molecule is O=C([O-])CCC[NH2+]Cc1ccc(Br)cc1. The van der Waals surface area contributed by atoms with Crippen LogP contribution in [0.4, 0.5) is 0 Å². The predicted molar refractivity (Wildman–Crippen MR) is 58.9 cm³/mol. The molecule has 0 aliphatic rings. The van der Waals surface area contributed by atoms with Crippen LogP contribution in [0.3, 0.4) is 0 Å². The van der Waals surface area contributed by atoms with E-state index < -0.39 is 5.97 Å². The van der Waals surface area contributed by atoms with Crippen LogP contribution in [-0.4, -0.2) is 12.5 Å². The Morgan fingerprint density at radius 3 is 2.60 bits per heavy atom. The lowest BCUT2D eigenvalue weighted by Gasteiger charge is -2.03. The van der Waals surface area contributed by atoms with E-state index in [0.29, 0.717) is 6.42 Å². The zero-order valence-electron chi connectivity index (χ0n) is 8.41. The van der Waals surface area contributed by atoms with Gasteiger partial charge < -0.3 is 15.2 Å². The minimum absolute atomic E-state index is 0.150. The second kappa shape index (κ2) is 6.58. The van der Waals surface area contributed by atoms with Crippen LogP contribution < -0.4 is 10.4 Å². The number of carboxylic acid groups (broad SMARTS) is 1. The Kier molecular flexibility index (Phi) is 5.36. The van der Waals surface area contributed by atoms with Crippen molar-refractivity contribution in [3.05, 3.63) is 34.3 Å². The fourth-order valence-corrected chi connectivity index (χ4v) is 1.54. The van der Waals surface area contributed by atoms with Gasteiger partial charge in [-0.2, -0.15) is 0 Å². The van der Waals surface area contributed by atoms with Gasteiger partial charge in [-0.05, 0) is 18.6 Å². The third-order valence-corrected chi connectivity index (χ3v) is 2.61. The van der Waals surface area contributed by atoms with Crippen molar-refractivity contribution in [2.24, 2.45) is 0 Å². The van der Waals surface area contributed by atoms with Gasteiger partial charge in [0.25, 0.3) is 0 Å². The lowest BCUT2D eigenvalue weighted by Crippen LogP contribution is -2.82. The van der Waals surface area contributed by atoms with E-state index in [1.807, 2.05) is 12.1 Å². The van der Waals surface area contributed by atoms with Gasteiger partial charge in [0.15, 0.2) is 0 Å². The molecule has 1 rings (SSSR count). The fourth-order valence-electron chi connectivity index (χ4n) is 1.28. The maximum atomic E-state index is 10.1. The summed E-state index contributed by atoms with van der Waals surface area (Å²) in [6, 6.07) is 8.12. The highest BCUT2D eigenvalue weighted by Gasteiger charge is 1.95. The molecule has 15 heavy (non-hydrogen) atoms. The molecule has 0 unspecified atom stereocenters. The third kappa shape index (κ3) is 5.54. The van der Waals surface area contributed by atoms with Crippen LogP contribution in [0.5, 0.6) is 0 Å². The number of nitrogens with two attached hydrogens (primary N) is 1. The van der Waals surface area contributed by atoms with Crippen molar-refractivity contribution in [3.8, 4) is 0 Å². The molecule has 3 nitrogen and oxygen atoms in total. The second-order valence-electron chi connectivity index (χ2n) is 3.38. The average molecular weight is 272 g/mol. The van der Waals surface area contributed by atoms with Gasteiger partial charge in [-0.25, -0.2) is 0 Å². The van der Waals surface area contributed by atoms with Crippen LogP contribution in [0, 0.1) is 0 Å². The summed E-state index contributed by atoms with van der Waals surface area (Å²) >= 11 is 3.37. The standard InChI is InChI=1S/C11H14BrNO2/c12-10-5-3-9(4-6-10)8-13-7-1-2-11(14)15/h3-6,13H,1-2,7-8H2,(H,14,15). The van der Waals surface area contributed by atoms with Crippen LogP contribution in [0.25, 0.3) is 0 Å². The summed E-state index contributed by atoms with van der Waals surface area (Å²) in [5, 5.41) is 12.2. The average Bonchev–Trinajstić information content (AvgIpc) is 2.20. The molecule has 0 amide bonds. The summed E-state index contributed by atoms with van der Waals surface area (Å²) in [7, 11) is 0. The largest absolute Gasteiger partial charge is 0.550 e. The van der Waals surface area contributed by atoms with Crippen LogP contribution in [0.1, 0.15) is 18.4 Å². The lowest BCUT2D eigenvalue weighted by atomic mass is 10.2. The van der Waals surface area contributed by atoms with Gasteiger partial charge in [0.2, 0.25) is 0 Å². The number of hydrogen-bond donors (Lipinski definition) is 1. The number of hydrogen-bond acceptors (Lipinski definition) is 2. The van der Waals surface area contributed by atoms with Crippen molar-refractivity contribution in [2.75, 3.05) is 6.54 Å². The Balaban J connectivity index is 2.15. The van der Waals surface area contributed by atoms with Crippen LogP contribution in [0.2, 0.25) is 0 Å². The van der Waals surface area contributed by atoms with Crippen molar-refractivity contribution in [1.82, 2.24) is 0 Å². The Labute approximate surface area is 97.6 Å². The molecule has 0 spiro atoms. The Morgan fingerprint density at radius 2 is 2.00 bits per heavy atom. The maximum absolute atomic E-state index is 10.1. The zero-order valence-corrected chi connectivity index (χ0v) is 10.00. The van der Waals surface area contributed by atoms with E-state index in [2.05, 4.69) is 33.4 Å². The first-order valence-corrected chi connectivity index (χ1v) is 5.74. The highest BCUT2D eigenvalue weighted by atomic mass is 79.9. The summed E-state index contributed by atoms with van der Waals surface area (Å²) < 4.78 is 1.07. The van der Waals surface area contributed by atoms with Crippen LogP contribution >= 0.6 is 15.9 Å². The van der Waals surface area contributed by atoms with Gasteiger partial charge >= 0.3 is 0 Å². The minimum atomic E-state index is -0.966. The molecule has 4 heteroatoms. The zero-order chi connectivity index (χ0) is 11.1. The van der Waals surface area contributed by atoms with Crippen molar-refractivity contribution >= 4 is 21.9 Å². The molecule has 0 bridgehead atoms. The van der Waals surface area contributed by atoms with Crippen molar-refractivity contribution in [1.29, 1.82) is 0 Å². The van der Waals surface area contributed by atoms with Gasteiger partial charge in [-0.3, -0.25) is 0 Å². The van der Waals surface area contributed by atoms with Crippen LogP contribution in [-0.2, 0) is 11.3 Å². The quantitative estimate of drug-likeness (QED) is 0.743. The number of quaternary nitrogens is 1. The molecular formula is C11H14BrNO2. The first-order valence-electron chi connectivity index (χ1n) is 4.94.